The van der Waals surface area contributed by atoms with Gasteiger partial charge in [-0.3, -0.25) is 0 Å². The molecule has 0 saturated heterocycles. The van der Waals surface area contributed by atoms with Gasteiger partial charge in [0.1, 0.15) is 0 Å². The summed E-state index contributed by atoms with van der Waals surface area (Å²) in [5.74, 6) is -2.85. The third-order valence-corrected chi connectivity index (χ3v) is 3.14. The van der Waals surface area contributed by atoms with E-state index in [0.29, 0.717) is 25.3 Å². The van der Waals surface area contributed by atoms with E-state index in [0.717, 1.165) is 23.3 Å². The van der Waals surface area contributed by atoms with Gasteiger partial charge in [0.15, 0.2) is 17.4 Å². The number of ether oxygens (including phenoxy) is 1. The molecular weight excluding hydrogens is 276 g/mol. The Bertz CT molecular complexity index is 594. The lowest BCUT2D eigenvalue weighted by Crippen LogP contribution is -2.14. The number of methoxy groups -OCH3 is 1. The van der Waals surface area contributed by atoms with Crippen molar-refractivity contribution < 1.29 is 18.6 Å². The van der Waals surface area contributed by atoms with E-state index in [1.165, 1.54) is 0 Å². The van der Waals surface area contributed by atoms with Gasteiger partial charge in [-0.2, -0.15) is 0 Å². The minimum atomic E-state index is -0.952. The molecule has 0 amide bonds. The molecule has 0 aromatic heterocycles. The highest BCUT2D eigenvalue weighted by Crippen LogP contribution is 2.21. The van der Waals surface area contributed by atoms with Crippen LogP contribution in [0.25, 0.3) is 0 Å². The molecule has 0 spiro atoms. The Labute approximate surface area is 122 Å². The number of phenolic OH excluding ortho intramolecular Hbond substituents is 1. The molecule has 0 saturated carbocycles. The quantitative estimate of drug-likeness (QED) is 0.860. The summed E-state index contributed by atoms with van der Waals surface area (Å²) in [5, 5.41) is 12.2. The van der Waals surface area contributed by atoms with Crippen molar-refractivity contribution in [3.05, 3.63) is 64.7 Å². The SMILES string of the molecule is COCc1ccccc1CNCc1cc(F)c(O)c(F)c1. The second-order valence-corrected chi connectivity index (χ2v) is 4.71. The second-order valence-electron chi connectivity index (χ2n) is 4.71. The molecule has 112 valence electrons. The van der Waals surface area contributed by atoms with Gasteiger partial charge in [0.2, 0.25) is 0 Å². The van der Waals surface area contributed by atoms with E-state index in [4.69, 9.17) is 9.84 Å². The third-order valence-electron chi connectivity index (χ3n) is 3.14. The second kappa shape index (κ2) is 7.15. The molecule has 3 nitrogen and oxygen atoms in total. The zero-order valence-corrected chi connectivity index (χ0v) is 11.7. The van der Waals surface area contributed by atoms with Crippen LogP contribution in [0.3, 0.4) is 0 Å². The zero-order valence-electron chi connectivity index (χ0n) is 11.7. The monoisotopic (exact) mass is 293 g/mol. The molecule has 0 atom stereocenters. The molecule has 0 heterocycles. The Morgan fingerprint density at radius 2 is 1.67 bits per heavy atom. The van der Waals surface area contributed by atoms with Crippen LogP contribution >= 0.6 is 0 Å². The van der Waals surface area contributed by atoms with Gasteiger partial charge in [0.05, 0.1) is 6.61 Å². The summed E-state index contributed by atoms with van der Waals surface area (Å²) in [6.45, 7) is 1.37. The molecule has 21 heavy (non-hydrogen) atoms. The average Bonchev–Trinajstić information content (AvgIpc) is 2.47. The van der Waals surface area contributed by atoms with Crippen LogP contribution in [0.2, 0.25) is 0 Å². The first-order valence-electron chi connectivity index (χ1n) is 6.55. The van der Waals surface area contributed by atoms with E-state index in [9.17, 15) is 8.78 Å². The Morgan fingerprint density at radius 1 is 1.05 bits per heavy atom. The fraction of sp³-hybridized carbons (Fsp3) is 0.250. The van der Waals surface area contributed by atoms with Gasteiger partial charge in [-0.05, 0) is 28.8 Å². The molecule has 2 rings (SSSR count). The van der Waals surface area contributed by atoms with Gasteiger partial charge in [-0.1, -0.05) is 24.3 Å². The van der Waals surface area contributed by atoms with Crippen molar-refractivity contribution in [2.75, 3.05) is 7.11 Å². The van der Waals surface area contributed by atoms with E-state index in [2.05, 4.69) is 5.32 Å². The van der Waals surface area contributed by atoms with Crippen LogP contribution < -0.4 is 5.32 Å². The number of hydrogen-bond acceptors (Lipinski definition) is 3. The topological polar surface area (TPSA) is 41.5 Å². The zero-order chi connectivity index (χ0) is 15.2. The standard InChI is InChI=1S/C16H17F2NO2/c1-21-10-13-5-3-2-4-12(13)9-19-8-11-6-14(17)16(20)15(18)7-11/h2-7,19-20H,8-10H2,1H3. The van der Waals surface area contributed by atoms with Crippen molar-refractivity contribution in [2.24, 2.45) is 0 Å². The van der Waals surface area contributed by atoms with E-state index < -0.39 is 17.4 Å². The van der Waals surface area contributed by atoms with E-state index in [1.54, 1.807) is 7.11 Å². The van der Waals surface area contributed by atoms with Crippen LogP contribution in [0.15, 0.2) is 36.4 Å². The number of benzene rings is 2. The molecule has 0 bridgehead atoms. The number of nitrogens with one attached hydrogen (secondary N) is 1. The van der Waals surface area contributed by atoms with E-state index in [1.807, 2.05) is 24.3 Å². The van der Waals surface area contributed by atoms with Crippen molar-refractivity contribution in [3.8, 4) is 5.75 Å². The molecular formula is C16H17F2NO2. The van der Waals surface area contributed by atoms with Gasteiger partial charge >= 0.3 is 0 Å². The lowest BCUT2D eigenvalue weighted by atomic mass is 10.1. The van der Waals surface area contributed by atoms with Crippen molar-refractivity contribution in [1.29, 1.82) is 0 Å². The smallest absolute Gasteiger partial charge is 0.187 e. The summed E-state index contributed by atoms with van der Waals surface area (Å²) < 4.78 is 31.6. The number of aromatic hydroxyl groups is 1. The Morgan fingerprint density at radius 3 is 2.29 bits per heavy atom. The average molecular weight is 293 g/mol. The molecule has 0 unspecified atom stereocenters. The summed E-state index contributed by atoms with van der Waals surface area (Å²) in [6.07, 6.45) is 0. The maximum Gasteiger partial charge on any atom is 0.187 e. The van der Waals surface area contributed by atoms with Crippen LogP contribution in [0.5, 0.6) is 5.75 Å². The summed E-state index contributed by atoms with van der Waals surface area (Å²) in [6, 6.07) is 10.0. The van der Waals surface area contributed by atoms with Gasteiger partial charge in [0, 0.05) is 20.2 Å². The minimum absolute atomic E-state index is 0.301. The van der Waals surface area contributed by atoms with E-state index in [-0.39, 0.29) is 0 Å². The van der Waals surface area contributed by atoms with Crippen LogP contribution in [-0.2, 0) is 24.4 Å². The molecule has 0 fully saturated rings. The summed E-state index contributed by atoms with van der Waals surface area (Å²) in [5.41, 5.74) is 2.57. The van der Waals surface area contributed by atoms with Crippen LogP contribution in [0, 0.1) is 11.6 Å². The number of hydrogen-bond donors (Lipinski definition) is 2. The predicted octanol–water partition coefficient (Wildman–Crippen LogP) is 3.11. The molecule has 5 heteroatoms. The molecule has 2 N–H and O–H groups in total. The largest absolute Gasteiger partial charge is 0.503 e. The maximum atomic E-state index is 13.2. The fourth-order valence-corrected chi connectivity index (χ4v) is 2.09. The van der Waals surface area contributed by atoms with Crippen molar-refractivity contribution in [1.82, 2.24) is 5.32 Å². The first-order valence-corrected chi connectivity index (χ1v) is 6.55. The van der Waals surface area contributed by atoms with Crippen LogP contribution in [-0.4, -0.2) is 12.2 Å². The summed E-state index contributed by atoms with van der Waals surface area (Å²) in [4.78, 5) is 0. The lowest BCUT2D eigenvalue weighted by Gasteiger charge is -2.10. The number of phenols is 1. The Kier molecular flexibility index (Phi) is 5.25. The normalized spacial score (nSPS) is 10.8. The molecule has 0 aliphatic carbocycles. The number of rotatable bonds is 6. The lowest BCUT2D eigenvalue weighted by molar-refractivity contribution is 0.184. The molecule has 2 aromatic carbocycles. The van der Waals surface area contributed by atoms with Gasteiger partial charge in [-0.15, -0.1) is 0 Å². The molecule has 2 aromatic rings. The number of halogens is 2. The van der Waals surface area contributed by atoms with Crippen molar-refractivity contribution in [2.45, 2.75) is 19.7 Å². The van der Waals surface area contributed by atoms with Gasteiger partial charge < -0.3 is 15.2 Å². The molecule has 0 aliphatic rings. The first-order chi connectivity index (χ1) is 10.1. The van der Waals surface area contributed by atoms with Crippen molar-refractivity contribution in [3.63, 3.8) is 0 Å². The van der Waals surface area contributed by atoms with Crippen LogP contribution in [0.4, 0.5) is 8.78 Å². The minimum Gasteiger partial charge on any atom is -0.503 e. The molecule has 0 radical (unpaired) electrons. The van der Waals surface area contributed by atoms with E-state index >= 15 is 0 Å². The Hall–Kier alpha value is -1.98. The highest BCUT2D eigenvalue weighted by atomic mass is 19.1. The molecule has 0 aliphatic heterocycles. The van der Waals surface area contributed by atoms with Gasteiger partial charge in [-0.25, -0.2) is 8.78 Å². The van der Waals surface area contributed by atoms with Gasteiger partial charge in [0.25, 0.3) is 0 Å². The summed E-state index contributed by atoms with van der Waals surface area (Å²) >= 11 is 0. The van der Waals surface area contributed by atoms with Crippen LogP contribution in [0.1, 0.15) is 16.7 Å². The highest BCUT2D eigenvalue weighted by Gasteiger charge is 2.09. The maximum absolute atomic E-state index is 13.2. The van der Waals surface area contributed by atoms with Crippen molar-refractivity contribution >= 4 is 0 Å². The summed E-state index contributed by atoms with van der Waals surface area (Å²) in [7, 11) is 1.63. The third kappa shape index (κ3) is 4.00. The fourth-order valence-electron chi connectivity index (χ4n) is 2.09. The Balaban J connectivity index is 1.99. The highest BCUT2D eigenvalue weighted by molar-refractivity contribution is 5.30. The predicted molar refractivity (Wildman–Crippen MR) is 75.7 cm³/mol. The first kappa shape index (κ1) is 15.4.